The topological polar surface area (TPSA) is 30.8 Å². The first-order chi connectivity index (χ1) is 9.33. The average Bonchev–Trinajstić information content (AvgIpc) is 2.70. The molecule has 4 aliphatic rings. The standard InChI is InChI=1S/C16H13NO2/c1-10-17-9-12-4-2-6-13-14(16(12)19-10)8-11-5-3-7-18-15(11)13/h2-3,5-6,8-9H,4,7H2,1H3. The first-order valence-corrected chi connectivity index (χ1v) is 6.41. The SMILES string of the molecule is CC1=NC=C2CC=CC3=C4OCC=CC4=CC3=C2O1. The van der Waals surface area contributed by atoms with Gasteiger partial charge in [-0.25, -0.2) is 4.99 Å². The predicted molar refractivity (Wildman–Crippen MR) is 73.3 cm³/mol. The Kier molecular flexibility index (Phi) is 2.15. The minimum atomic E-state index is 0.636. The fourth-order valence-corrected chi connectivity index (χ4v) is 2.67. The molecule has 2 aliphatic carbocycles. The molecule has 2 heterocycles. The lowest BCUT2D eigenvalue weighted by molar-refractivity contribution is 0.251. The second kappa shape index (κ2) is 3.85. The number of aliphatic imine (C=N–C) groups is 1. The molecule has 0 aromatic heterocycles. The van der Waals surface area contributed by atoms with Crippen LogP contribution in [-0.2, 0) is 9.47 Å². The number of rotatable bonds is 0. The zero-order valence-corrected chi connectivity index (χ0v) is 10.6. The average molecular weight is 251 g/mol. The molecule has 0 radical (unpaired) electrons. The van der Waals surface area contributed by atoms with Crippen LogP contribution in [0.25, 0.3) is 0 Å². The molecule has 3 heteroatoms. The van der Waals surface area contributed by atoms with Crippen molar-refractivity contribution in [3.05, 3.63) is 70.4 Å². The lowest BCUT2D eigenvalue weighted by Crippen LogP contribution is -2.08. The maximum Gasteiger partial charge on any atom is 0.191 e. The Bertz CT molecular complexity index is 682. The van der Waals surface area contributed by atoms with Gasteiger partial charge in [0.25, 0.3) is 0 Å². The number of allylic oxidation sites excluding steroid dienone is 7. The van der Waals surface area contributed by atoms with Gasteiger partial charge in [-0.2, -0.15) is 0 Å². The molecule has 94 valence electrons. The maximum absolute atomic E-state index is 5.85. The van der Waals surface area contributed by atoms with Crippen molar-refractivity contribution in [2.45, 2.75) is 13.3 Å². The second-order valence-electron chi connectivity index (χ2n) is 4.81. The summed E-state index contributed by atoms with van der Waals surface area (Å²) in [6.45, 7) is 2.51. The number of fused-ring (bicyclic) bond motifs is 3. The minimum Gasteiger partial charge on any atom is -0.488 e. The number of hydrogen-bond acceptors (Lipinski definition) is 3. The van der Waals surface area contributed by atoms with Gasteiger partial charge >= 0.3 is 0 Å². The van der Waals surface area contributed by atoms with Gasteiger partial charge in [0.15, 0.2) is 5.90 Å². The highest BCUT2D eigenvalue weighted by Gasteiger charge is 2.29. The summed E-state index contributed by atoms with van der Waals surface area (Å²) < 4.78 is 11.6. The van der Waals surface area contributed by atoms with E-state index < -0.39 is 0 Å². The first kappa shape index (κ1) is 10.6. The molecule has 0 amide bonds. The van der Waals surface area contributed by atoms with Crippen LogP contribution in [-0.4, -0.2) is 12.5 Å². The molecule has 0 N–H and O–H groups in total. The molecule has 0 saturated heterocycles. The molecule has 0 fully saturated rings. The van der Waals surface area contributed by atoms with Crippen molar-refractivity contribution in [3.8, 4) is 0 Å². The Balaban J connectivity index is 1.95. The van der Waals surface area contributed by atoms with Crippen LogP contribution in [0.1, 0.15) is 13.3 Å². The van der Waals surface area contributed by atoms with Crippen LogP contribution in [0.3, 0.4) is 0 Å². The largest absolute Gasteiger partial charge is 0.488 e. The van der Waals surface area contributed by atoms with E-state index in [1.54, 1.807) is 0 Å². The first-order valence-electron chi connectivity index (χ1n) is 6.41. The van der Waals surface area contributed by atoms with Crippen molar-refractivity contribution >= 4 is 5.90 Å². The monoisotopic (exact) mass is 251 g/mol. The van der Waals surface area contributed by atoms with Crippen molar-refractivity contribution < 1.29 is 9.47 Å². The van der Waals surface area contributed by atoms with Gasteiger partial charge in [-0.15, -0.1) is 0 Å². The zero-order valence-electron chi connectivity index (χ0n) is 10.6. The van der Waals surface area contributed by atoms with E-state index in [2.05, 4.69) is 29.3 Å². The maximum atomic E-state index is 5.85. The van der Waals surface area contributed by atoms with Crippen LogP contribution < -0.4 is 0 Å². The summed E-state index contributed by atoms with van der Waals surface area (Å²) in [5, 5.41) is 0. The molecule has 0 bridgehead atoms. The van der Waals surface area contributed by atoms with Crippen LogP contribution >= 0.6 is 0 Å². The third kappa shape index (κ3) is 1.55. The highest BCUT2D eigenvalue weighted by molar-refractivity contribution is 5.79. The Morgan fingerprint density at radius 2 is 2.05 bits per heavy atom. The van der Waals surface area contributed by atoms with Crippen molar-refractivity contribution in [1.29, 1.82) is 0 Å². The van der Waals surface area contributed by atoms with Gasteiger partial charge in [0.1, 0.15) is 18.1 Å². The van der Waals surface area contributed by atoms with Crippen LogP contribution in [0.15, 0.2) is 75.4 Å². The van der Waals surface area contributed by atoms with E-state index >= 15 is 0 Å². The van der Waals surface area contributed by atoms with Gasteiger partial charge in [-0.05, 0) is 18.6 Å². The fraction of sp³-hybridized carbons (Fsp3) is 0.188. The highest BCUT2D eigenvalue weighted by atomic mass is 16.5. The zero-order chi connectivity index (χ0) is 12.8. The van der Waals surface area contributed by atoms with E-state index in [0.717, 1.165) is 40.2 Å². The normalized spacial score (nSPS) is 23.5. The molecule has 4 rings (SSSR count). The molecule has 3 nitrogen and oxygen atoms in total. The lowest BCUT2D eigenvalue weighted by atomic mass is 10.1. The summed E-state index contributed by atoms with van der Waals surface area (Å²) in [6.07, 6.45) is 13.3. The summed E-state index contributed by atoms with van der Waals surface area (Å²) in [4.78, 5) is 4.24. The molecule has 0 atom stereocenters. The summed E-state index contributed by atoms with van der Waals surface area (Å²) in [5.41, 5.74) is 4.46. The van der Waals surface area contributed by atoms with Crippen molar-refractivity contribution in [3.63, 3.8) is 0 Å². The summed E-state index contributed by atoms with van der Waals surface area (Å²) in [6, 6.07) is 0. The quantitative estimate of drug-likeness (QED) is 0.661. The molecule has 0 saturated carbocycles. The van der Waals surface area contributed by atoms with E-state index in [1.165, 1.54) is 0 Å². The second-order valence-corrected chi connectivity index (χ2v) is 4.81. The van der Waals surface area contributed by atoms with E-state index in [1.807, 2.05) is 19.2 Å². The van der Waals surface area contributed by atoms with Crippen LogP contribution in [0, 0.1) is 0 Å². The van der Waals surface area contributed by atoms with Gasteiger partial charge in [-0.1, -0.05) is 18.2 Å². The lowest BCUT2D eigenvalue weighted by Gasteiger charge is -2.17. The minimum absolute atomic E-state index is 0.636. The Morgan fingerprint density at radius 1 is 1.11 bits per heavy atom. The summed E-state index contributed by atoms with van der Waals surface area (Å²) >= 11 is 0. The van der Waals surface area contributed by atoms with Gasteiger partial charge in [0, 0.05) is 35.4 Å². The number of hydrogen-bond donors (Lipinski definition) is 0. The molecule has 19 heavy (non-hydrogen) atoms. The van der Waals surface area contributed by atoms with Gasteiger partial charge < -0.3 is 9.47 Å². The fourth-order valence-electron chi connectivity index (χ4n) is 2.67. The molecular weight excluding hydrogens is 238 g/mol. The van der Waals surface area contributed by atoms with Crippen LogP contribution in [0.2, 0.25) is 0 Å². The van der Waals surface area contributed by atoms with E-state index in [-0.39, 0.29) is 0 Å². The molecule has 0 spiro atoms. The molecule has 0 aromatic carbocycles. The van der Waals surface area contributed by atoms with E-state index in [0.29, 0.717) is 12.5 Å². The molecular formula is C16H13NO2. The van der Waals surface area contributed by atoms with Crippen molar-refractivity contribution in [1.82, 2.24) is 0 Å². The summed E-state index contributed by atoms with van der Waals surface area (Å²) in [5.74, 6) is 2.56. The number of nitrogens with zero attached hydrogens (tertiary/aromatic N) is 1. The highest BCUT2D eigenvalue weighted by Crippen LogP contribution is 2.41. The van der Waals surface area contributed by atoms with Crippen molar-refractivity contribution in [2.24, 2.45) is 4.99 Å². The molecule has 2 aliphatic heterocycles. The van der Waals surface area contributed by atoms with Crippen LogP contribution in [0.4, 0.5) is 0 Å². The third-order valence-electron chi connectivity index (χ3n) is 3.53. The Hall–Kier alpha value is -2.29. The third-order valence-corrected chi connectivity index (χ3v) is 3.53. The Labute approximate surface area is 111 Å². The predicted octanol–water partition coefficient (Wildman–Crippen LogP) is 3.31. The molecule has 0 aromatic rings. The number of ether oxygens (including phenoxy) is 2. The van der Waals surface area contributed by atoms with Gasteiger partial charge in [0.2, 0.25) is 0 Å². The van der Waals surface area contributed by atoms with Gasteiger partial charge in [-0.3, -0.25) is 0 Å². The smallest absolute Gasteiger partial charge is 0.191 e. The van der Waals surface area contributed by atoms with E-state index in [4.69, 9.17) is 9.47 Å². The molecule has 0 unspecified atom stereocenters. The van der Waals surface area contributed by atoms with Crippen molar-refractivity contribution in [2.75, 3.05) is 6.61 Å². The van der Waals surface area contributed by atoms with Crippen LogP contribution in [0.5, 0.6) is 0 Å². The summed E-state index contributed by atoms with van der Waals surface area (Å²) in [7, 11) is 0. The van der Waals surface area contributed by atoms with Gasteiger partial charge in [0.05, 0.1) is 0 Å². The Morgan fingerprint density at radius 3 is 3.00 bits per heavy atom. The van der Waals surface area contributed by atoms with E-state index in [9.17, 15) is 0 Å².